The van der Waals surface area contributed by atoms with Crippen molar-refractivity contribution in [3.8, 4) is 23.6 Å². The molecule has 2 rings (SSSR count). The first-order valence-electron chi connectivity index (χ1n) is 5.83. The van der Waals surface area contributed by atoms with Gasteiger partial charge in [0.15, 0.2) is 0 Å². The molecule has 2 aromatic carbocycles. The van der Waals surface area contributed by atoms with Gasteiger partial charge >= 0.3 is 0 Å². The number of nitriles is 2. The zero-order valence-corrected chi connectivity index (χ0v) is 10.8. The third-order valence-corrected chi connectivity index (χ3v) is 2.80. The summed E-state index contributed by atoms with van der Waals surface area (Å²) in [7, 11) is 0. The molecule has 92 valence electrons. The Labute approximate surface area is 112 Å². The van der Waals surface area contributed by atoms with Crippen molar-refractivity contribution in [1.29, 1.82) is 10.5 Å². The van der Waals surface area contributed by atoms with Crippen LogP contribution in [-0.2, 0) is 0 Å². The van der Waals surface area contributed by atoms with Crippen molar-refractivity contribution in [2.45, 2.75) is 13.8 Å². The van der Waals surface area contributed by atoms with E-state index in [-0.39, 0.29) is 0 Å². The molecule has 0 amide bonds. The third-order valence-electron chi connectivity index (χ3n) is 2.80. The Balaban J connectivity index is 2.37. The minimum absolute atomic E-state index is 0.324. The first-order chi connectivity index (χ1) is 9.13. The molecule has 0 bridgehead atoms. The van der Waals surface area contributed by atoms with E-state index in [4.69, 9.17) is 15.3 Å². The maximum absolute atomic E-state index is 8.98. The summed E-state index contributed by atoms with van der Waals surface area (Å²) in [5.41, 5.74) is 2.81. The molecule has 0 N–H and O–H groups in total. The second kappa shape index (κ2) is 5.25. The maximum Gasteiger partial charge on any atom is 0.130 e. The predicted octanol–water partition coefficient (Wildman–Crippen LogP) is 3.84. The van der Waals surface area contributed by atoms with E-state index in [1.54, 1.807) is 18.2 Å². The van der Waals surface area contributed by atoms with E-state index >= 15 is 0 Å². The van der Waals surface area contributed by atoms with Crippen molar-refractivity contribution in [2.75, 3.05) is 0 Å². The Hall–Kier alpha value is -2.78. The molecule has 0 heterocycles. The lowest BCUT2D eigenvalue weighted by atomic mass is 10.1. The van der Waals surface area contributed by atoms with Gasteiger partial charge in [0.2, 0.25) is 0 Å². The van der Waals surface area contributed by atoms with E-state index in [2.05, 4.69) is 0 Å². The van der Waals surface area contributed by atoms with Crippen LogP contribution in [0.3, 0.4) is 0 Å². The fraction of sp³-hybridized carbons (Fsp3) is 0.125. The number of rotatable bonds is 2. The average molecular weight is 248 g/mol. The molecule has 0 aliphatic carbocycles. The smallest absolute Gasteiger partial charge is 0.130 e. The summed E-state index contributed by atoms with van der Waals surface area (Å²) in [5, 5.41) is 17.9. The molecule has 0 aromatic heterocycles. The summed E-state index contributed by atoms with van der Waals surface area (Å²) < 4.78 is 5.77. The third kappa shape index (κ3) is 2.73. The summed E-state index contributed by atoms with van der Waals surface area (Å²) in [6, 6.07) is 14.8. The number of ether oxygens (including phenoxy) is 1. The van der Waals surface area contributed by atoms with Gasteiger partial charge in [0.1, 0.15) is 23.6 Å². The molecule has 0 fully saturated rings. The molecule has 3 heteroatoms. The molecule has 0 spiro atoms. The van der Waals surface area contributed by atoms with Gasteiger partial charge in [-0.25, -0.2) is 0 Å². The molecular weight excluding hydrogens is 236 g/mol. The minimum atomic E-state index is 0.324. The molecule has 0 unspecified atom stereocenters. The lowest BCUT2D eigenvalue weighted by molar-refractivity contribution is 0.478. The van der Waals surface area contributed by atoms with Gasteiger partial charge in [0.05, 0.1) is 11.1 Å². The highest BCUT2D eigenvalue weighted by Crippen LogP contribution is 2.27. The summed E-state index contributed by atoms with van der Waals surface area (Å²) >= 11 is 0. The van der Waals surface area contributed by atoms with Crippen LogP contribution in [0.1, 0.15) is 22.3 Å². The second-order valence-electron chi connectivity index (χ2n) is 4.30. The van der Waals surface area contributed by atoms with Crippen LogP contribution < -0.4 is 4.74 Å². The van der Waals surface area contributed by atoms with Gasteiger partial charge in [-0.15, -0.1) is 0 Å². The summed E-state index contributed by atoms with van der Waals surface area (Å²) in [6.45, 7) is 3.95. The molecule has 0 atom stereocenters. The van der Waals surface area contributed by atoms with Gasteiger partial charge in [-0.1, -0.05) is 12.1 Å². The van der Waals surface area contributed by atoms with E-state index in [9.17, 15) is 0 Å². The van der Waals surface area contributed by atoms with Gasteiger partial charge in [-0.3, -0.25) is 0 Å². The van der Waals surface area contributed by atoms with Crippen LogP contribution in [0.4, 0.5) is 0 Å². The van der Waals surface area contributed by atoms with Crippen LogP contribution in [0.15, 0.2) is 36.4 Å². The largest absolute Gasteiger partial charge is 0.457 e. The maximum atomic E-state index is 8.98. The van der Waals surface area contributed by atoms with Gasteiger partial charge in [-0.2, -0.15) is 10.5 Å². The lowest BCUT2D eigenvalue weighted by Crippen LogP contribution is -1.91. The monoisotopic (exact) mass is 248 g/mol. The predicted molar refractivity (Wildman–Crippen MR) is 71.9 cm³/mol. The minimum Gasteiger partial charge on any atom is -0.457 e. The van der Waals surface area contributed by atoms with Crippen molar-refractivity contribution in [3.05, 3.63) is 58.7 Å². The van der Waals surface area contributed by atoms with Crippen molar-refractivity contribution in [2.24, 2.45) is 0 Å². The topological polar surface area (TPSA) is 56.8 Å². The summed E-state index contributed by atoms with van der Waals surface area (Å²) in [4.78, 5) is 0. The van der Waals surface area contributed by atoms with Crippen LogP contribution in [0.2, 0.25) is 0 Å². The van der Waals surface area contributed by atoms with E-state index in [1.807, 2.05) is 44.2 Å². The van der Waals surface area contributed by atoms with Crippen LogP contribution in [0.25, 0.3) is 0 Å². The van der Waals surface area contributed by atoms with Gasteiger partial charge < -0.3 is 4.74 Å². The van der Waals surface area contributed by atoms with E-state index in [1.165, 1.54) is 0 Å². The van der Waals surface area contributed by atoms with E-state index in [0.717, 1.165) is 16.9 Å². The Kier molecular flexibility index (Phi) is 3.50. The van der Waals surface area contributed by atoms with Crippen LogP contribution in [0, 0.1) is 36.5 Å². The average Bonchev–Trinajstić information content (AvgIpc) is 2.42. The Morgan fingerprint density at radius 1 is 0.895 bits per heavy atom. The number of nitrogens with zero attached hydrogens (tertiary/aromatic N) is 2. The SMILES string of the molecule is Cc1ccc(C)c(Oc2ccc(C#N)c(C#N)c2)c1. The quantitative estimate of drug-likeness (QED) is 0.811. The first kappa shape index (κ1) is 12.7. The zero-order valence-electron chi connectivity index (χ0n) is 10.8. The standard InChI is InChI=1S/C16H12N2O/c1-11-3-4-12(2)16(7-11)19-15-6-5-13(9-17)14(8-15)10-18/h3-8H,1-2H3. The molecule has 3 nitrogen and oxygen atoms in total. The molecule has 0 saturated carbocycles. The van der Waals surface area contributed by atoms with Crippen LogP contribution >= 0.6 is 0 Å². The lowest BCUT2D eigenvalue weighted by Gasteiger charge is -2.10. The first-order valence-corrected chi connectivity index (χ1v) is 5.83. The highest BCUT2D eigenvalue weighted by molar-refractivity contribution is 5.50. The highest BCUT2D eigenvalue weighted by Gasteiger charge is 2.06. The molecular formula is C16H12N2O. The molecule has 19 heavy (non-hydrogen) atoms. The molecule has 0 saturated heterocycles. The fourth-order valence-corrected chi connectivity index (χ4v) is 1.72. The summed E-state index contributed by atoms with van der Waals surface area (Å²) in [6.07, 6.45) is 0. The van der Waals surface area contributed by atoms with Gasteiger partial charge in [0, 0.05) is 0 Å². The number of benzene rings is 2. The van der Waals surface area contributed by atoms with Crippen LogP contribution in [0.5, 0.6) is 11.5 Å². The molecule has 0 aliphatic heterocycles. The molecule has 0 aliphatic rings. The number of hydrogen-bond acceptors (Lipinski definition) is 3. The Morgan fingerprint density at radius 3 is 2.32 bits per heavy atom. The van der Waals surface area contributed by atoms with Crippen molar-refractivity contribution < 1.29 is 4.74 Å². The highest BCUT2D eigenvalue weighted by atomic mass is 16.5. The second-order valence-corrected chi connectivity index (χ2v) is 4.30. The zero-order chi connectivity index (χ0) is 13.8. The van der Waals surface area contributed by atoms with Gasteiger partial charge in [0.25, 0.3) is 0 Å². The fourth-order valence-electron chi connectivity index (χ4n) is 1.72. The number of aryl methyl sites for hydroxylation is 2. The normalized spacial score (nSPS) is 9.47. The van der Waals surface area contributed by atoms with E-state index < -0.39 is 0 Å². The molecule has 2 aromatic rings. The Morgan fingerprint density at radius 2 is 1.63 bits per heavy atom. The molecule has 0 radical (unpaired) electrons. The Bertz CT molecular complexity index is 706. The summed E-state index contributed by atoms with van der Waals surface area (Å²) in [5.74, 6) is 1.32. The number of hydrogen-bond donors (Lipinski definition) is 0. The van der Waals surface area contributed by atoms with Crippen molar-refractivity contribution >= 4 is 0 Å². The van der Waals surface area contributed by atoms with Crippen molar-refractivity contribution in [3.63, 3.8) is 0 Å². The van der Waals surface area contributed by atoms with E-state index in [0.29, 0.717) is 16.9 Å². The van der Waals surface area contributed by atoms with Crippen LogP contribution in [-0.4, -0.2) is 0 Å². The van der Waals surface area contributed by atoms with Gasteiger partial charge in [-0.05, 0) is 49.2 Å². The van der Waals surface area contributed by atoms with Crippen molar-refractivity contribution in [1.82, 2.24) is 0 Å².